The molecule has 0 saturated heterocycles. The average molecular weight is 584 g/mol. The van der Waals surface area contributed by atoms with E-state index in [1.54, 1.807) is 37.4 Å². The van der Waals surface area contributed by atoms with Crippen molar-refractivity contribution in [2.45, 2.75) is 97.4 Å². The summed E-state index contributed by atoms with van der Waals surface area (Å²) in [5.41, 5.74) is 1.99. The Balaban J connectivity index is 2.46. The summed E-state index contributed by atoms with van der Waals surface area (Å²) in [7, 11) is 0. The van der Waals surface area contributed by atoms with Crippen LogP contribution in [0.5, 0.6) is 0 Å². The average Bonchev–Trinajstić information content (AvgIpc) is 2.93. The van der Waals surface area contributed by atoms with Crippen LogP contribution in [0.1, 0.15) is 89.0 Å². The minimum atomic E-state index is -0.837. The van der Waals surface area contributed by atoms with E-state index in [0.717, 1.165) is 48.8 Å². The van der Waals surface area contributed by atoms with Crippen LogP contribution in [0.15, 0.2) is 54.6 Å². The maximum atomic E-state index is 14.3. The minimum Gasteiger partial charge on any atom is -0.444 e. The van der Waals surface area contributed by atoms with E-state index in [9.17, 15) is 14.4 Å². The zero-order valence-electron chi connectivity index (χ0n) is 25.7. The van der Waals surface area contributed by atoms with Gasteiger partial charge in [-0.3, -0.25) is 9.59 Å². The molecule has 2 atom stereocenters. The molecule has 226 valence electrons. The molecule has 2 aromatic carbocycles. The molecular weight excluding hydrogens is 534 g/mol. The van der Waals surface area contributed by atoms with Gasteiger partial charge in [-0.2, -0.15) is 11.8 Å². The van der Waals surface area contributed by atoms with Crippen LogP contribution < -0.4 is 10.6 Å². The van der Waals surface area contributed by atoms with Crippen molar-refractivity contribution in [3.05, 3.63) is 71.3 Å². The Morgan fingerprint density at radius 3 is 2.24 bits per heavy atom. The van der Waals surface area contributed by atoms with Crippen molar-refractivity contribution < 1.29 is 19.1 Å². The lowest BCUT2D eigenvalue weighted by Gasteiger charge is -2.35. The molecule has 41 heavy (non-hydrogen) atoms. The number of hydrogen-bond donors (Lipinski definition) is 2. The molecule has 0 radical (unpaired) electrons. The number of ether oxygens (including phenoxy) is 1. The quantitative estimate of drug-likeness (QED) is 0.212. The minimum absolute atomic E-state index is 0.244. The van der Waals surface area contributed by atoms with E-state index in [2.05, 4.69) is 17.6 Å². The predicted octanol–water partition coefficient (Wildman–Crippen LogP) is 6.80. The van der Waals surface area contributed by atoms with Crippen molar-refractivity contribution in [3.63, 3.8) is 0 Å². The first kappa shape index (κ1) is 34.2. The van der Waals surface area contributed by atoms with E-state index >= 15 is 0 Å². The predicted molar refractivity (Wildman–Crippen MR) is 169 cm³/mol. The van der Waals surface area contributed by atoms with Gasteiger partial charge in [0.15, 0.2) is 0 Å². The van der Waals surface area contributed by atoms with Gasteiger partial charge in [-0.15, -0.1) is 0 Å². The molecule has 0 aliphatic carbocycles. The van der Waals surface area contributed by atoms with Gasteiger partial charge >= 0.3 is 6.09 Å². The van der Waals surface area contributed by atoms with E-state index in [1.807, 2.05) is 67.8 Å². The number of benzene rings is 2. The molecule has 2 unspecified atom stereocenters. The van der Waals surface area contributed by atoms with Crippen LogP contribution in [0.2, 0.25) is 0 Å². The Morgan fingerprint density at radius 2 is 1.61 bits per heavy atom. The summed E-state index contributed by atoms with van der Waals surface area (Å²) in [6.45, 7) is 10.3. The molecule has 2 aromatic rings. The maximum Gasteiger partial charge on any atom is 0.408 e. The Labute approximate surface area is 251 Å². The van der Waals surface area contributed by atoms with Crippen molar-refractivity contribution in [2.24, 2.45) is 0 Å². The molecule has 0 bridgehead atoms. The van der Waals surface area contributed by atoms with Crippen LogP contribution >= 0.6 is 11.8 Å². The molecule has 2 N–H and O–H groups in total. The largest absolute Gasteiger partial charge is 0.444 e. The van der Waals surface area contributed by atoms with Gasteiger partial charge in [0, 0.05) is 13.1 Å². The van der Waals surface area contributed by atoms with E-state index in [-0.39, 0.29) is 11.8 Å². The third kappa shape index (κ3) is 12.2. The second-order valence-electron chi connectivity index (χ2n) is 11.4. The van der Waals surface area contributed by atoms with E-state index in [1.165, 1.54) is 0 Å². The lowest BCUT2D eigenvalue weighted by atomic mass is 9.97. The van der Waals surface area contributed by atoms with Gasteiger partial charge in [0.1, 0.15) is 17.7 Å². The van der Waals surface area contributed by atoms with Gasteiger partial charge < -0.3 is 20.3 Å². The second-order valence-corrected chi connectivity index (χ2v) is 12.4. The lowest BCUT2D eigenvalue weighted by Crippen LogP contribution is -2.53. The molecule has 0 aromatic heterocycles. The zero-order chi connectivity index (χ0) is 30.3. The number of nitrogens with one attached hydrogen (secondary N) is 2. The highest BCUT2D eigenvalue weighted by molar-refractivity contribution is 7.98. The first-order chi connectivity index (χ1) is 19.6. The number of amides is 3. The molecule has 3 amide bonds. The number of hydrogen-bond acceptors (Lipinski definition) is 5. The molecule has 8 heteroatoms. The molecule has 2 rings (SSSR count). The molecule has 7 nitrogen and oxygen atoms in total. The maximum absolute atomic E-state index is 14.3. The fourth-order valence-electron chi connectivity index (χ4n) is 4.62. The van der Waals surface area contributed by atoms with Gasteiger partial charge in [0.25, 0.3) is 0 Å². The molecule has 0 aliphatic rings. The SMILES string of the molecule is CCCCCCCN(C(=O)C(CCSC)NC(=O)OC(C)(C)C)C(C(=O)NCc1ccccc1)c1ccccc1C. The first-order valence-electron chi connectivity index (χ1n) is 14.7. The standard InChI is InChI=1S/C33H49N3O4S/c1-7-8-9-10-16-22-36(31(38)28(21-23-41-6)35-32(39)40-33(3,4)5)29(27-20-15-14-17-25(27)2)30(37)34-24-26-18-12-11-13-19-26/h11-15,17-20,28-29H,7-10,16,21-24H2,1-6H3,(H,34,37)(H,35,39). The van der Waals surface area contributed by atoms with Gasteiger partial charge in [0.05, 0.1) is 0 Å². The van der Waals surface area contributed by atoms with Crippen LogP contribution in [0.3, 0.4) is 0 Å². The van der Waals surface area contributed by atoms with E-state index in [4.69, 9.17) is 4.74 Å². The molecule has 0 heterocycles. The summed E-state index contributed by atoms with van der Waals surface area (Å²) in [6, 6.07) is 15.8. The monoisotopic (exact) mass is 583 g/mol. The topological polar surface area (TPSA) is 87.7 Å². The highest BCUT2D eigenvalue weighted by atomic mass is 32.2. The Morgan fingerprint density at radius 1 is 0.951 bits per heavy atom. The summed E-state index contributed by atoms with van der Waals surface area (Å²) in [5.74, 6) is 0.153. The molecule has 0 aliphatic heterocycles. The zero-order valence-corrected chi connectivity index (χ0v) is 26.5. The van der Waals surface area contributed by atoms with Crippen molar-refractivity contribution >= 4 is 29.7 Å². The summed E-state index contributed by atoms with van der Waals surface area (Å²) >= 11 is 1.60. The normalized spacial score (nSPS) is 12.7. The summed E-state index contributed by atoms with van der Waals surface area (Å²) < 4.78 is 5.50. The third-order valence-corrected chi connectivity index (χ3v) is 7.38. The number of aryl methyl sites for hydroxylation is 1. The number of carbonyl (C=O) groups is 3. The first-order valence-corrected chi connectivity index (χ1v) is 16.1. The fourth-order valence-corrected chi connectivity index (χ4v) is 5.09. The van der Waals surface area contributed by atoms with E-state index in [0.29, 0.717) is 25.3 Å². The Kier molecular flexibility index (Phi) is 14.8. The number of unbranched alkanes of at least 4 members (excludes halogenated alkanes) is 4. The number of rotatable bonds is 16. The second kappa shape index (κ2) is 17.7. The van der Waals surface area contributed by atoms with Crippen molar-refractivity contribution in [3.8, 4) is 0 Å². The molecule has 0 saturated carbocycles. The summed E-state index contributed by atoms with van der Waals surface area (Å²) in [6.07, 6.45) is 6.79. The Bertz CT molecular complexity index is 1090. The van der Waals surface area contributed by atoms with Crippen LogP contribution in [-0.2, 0) is 20.9 Å². The third-order valence-electron chi connectivity index (χ3n) is 6.74. The van der Waals surface area contributed by atoms with Crippen molar-refractivity contribution in [1.29, 1.82) is 0 Å². The number of thioether (sulfide) groups is 1. The van der Waals surface area contributed by atoms with Crippen molar-refractivity contribution in [1.82, 2.24) is 15.5 Å². The molecule has 0 fully saturated rings. The van der Waals surface area contributed by atoms with E-state index < -0.39 is 23.8 Å². The van der Waals surface area contributed by atoms with Gasteiger partial charge in [-0.1, -0.05) is 87.2 Å². The van der Waals surface area contributed by atoms with Crippen LogP contribution in [0.4, 0.5) is 4.79 Å². The smallest absolute Gasteiger partial charge is 0.408 e. The lowest BCUT2D eigenvalue weighted by molar-refractivity contribution is -0.142. The Hall–Kier alpha value is -3.00. The highest BCUT2D eigenvalue weighted by Gasteiger charge is 2.36. The number of carbonyl (C=O) groups excluding carboxylic acids is 3. The van der Waals surface area contributed by atoms with Gasteiger partial charge in [0.2, 0.25) is 11.8 Å². The summed E-state index contributed by atoms with van der Waals surface area (Å²) in [4.78, 5) is 42.8. The van der Waals surface area contributed by atoms with Crippen LogP contribution in [0.25, 0.3) is 0 Å². The van der Waals surface area contributed by atoms with Gasteiger partial charge in [-0.25, -0.2) is 4.79 Å². The van der Waals surface area contributed by atoms with Crippen LogP contribution in [0, 0.1) is 6.92 Å². The fraction of sp³-hybridized carbons (Fsp3) is 0.545. The number of nitrogens with zero attached hydrogens (tertiary/aromatic N) is 1. The highest BCUT2D eigenvalue weighted by Crippen LogP contribution is 2.27. The van der Waals surface area contributed by atoms with Gasteiger partial charge in [-0.05, 0) is 69.2 Å². The number of alkyl carbamates (subject to hydrolysis) is 1. The summed E-state index contributed by atoms with van der Waals surface area (Å²) in [5, 5.41) is 5.90. The molecule has 0 spiro atoms. The van der Waals surface area contributed by atoms with Crippen LogP contribution in [-0.4, -0.2) is 53.0 Å². The molecular formula is C33H49N3O4S. The van der Waals surface area contributed by atoms with Crippen molar-refractivity contribution in [2.75, 3.05) is 18.6 Å².